The SMILES string of the molecule is C#CCOc1ccccc1CNCc1ccc(COCC(F)(F)F)cc1. The van der Waals surface area contributed by atoms with Crippen LogP contribution in [0.5, 0.6) is 5.75 Å². The third kappa shape index (κ3) is 7.18. The molecule has 0 radical (unpaired) electrons. The fourth-order valence-electron chi connectivity index (χ4n) is 2.29. The molecular weight excluding hydrogens is 343 g/mol. The van der Waals surface area contributed by atoms with Gasteiger partial charge in [-0.1, -0.05) is 48.4 Å². The van der Waals surface area contributed by atoms with E-state index in [2.05, 4.69) is 16.0 Å². The lowest BCUT2D eigenvalue weighted by atomic mass is 10.1. The largest absolute Gasteiger partial charge is 0.481 e. The van der Waals surface area contributed by atoms with E-state index >= 15 is 0 Å². The summed E-state index contributed by atoms with van der Waals surface area (Å²) < 4.78 is 46.3. The lowest BCUT2D eigenvalue weighted by molar-refractivity contribution is -0.176. The second kappa shape index (κ2) is 9.85. The van der Waals surface area contributed by atoms with Crippen molar-refractivity contribution in [2.45, 2.75) is 25.9 Å². The van der Waals surface area contributed by atoms with Crippen molar-refractivity contribution in [3.63, 3.8) is 0 Å². The molecule has 2 aromatic carbocycles. The van der Waals surface area contributed by atoms with Gasteiger partial charge in [-0.3, -0.25) is 0 Å². The van der Waals surface area contributed by atoms with Crippen LogP contribution in [0.15, 0.2) is 48.5 Å². The Morgan fingerprint density at radius 2 is 1.65 bits per heavy atom. The van der Waals surface area contributed by atoms with Gasteiger partial charge >= 0.3 is 6.18 Å². The first-order valence-corrected chi connectivity index (χ1v) is 8.05. The Bertz CT molecular complexity index is 721. The number of halogens is 3. The molecule has 0 aliphatic rings. The zero-order valence-electron chi connectivity index (χ0n) is 14.2. The van der Waals surface area contributed by atoms with Crippen LogP contribution < -0.4 is 10.1 Å². The number of alkyl halides is 3. The molecule has 0 amide bonds. The van der Waals surface area contributed by atoms with Crippen molar-refractivity contribution in [1.82, 2.24) is 5.32 Å². The Morgan fingerprint density at radius 1 is 0.962 bits per heavy atom. The van der Waals surface area contributed by atoms with Gasteiger partial charge in [-0.05, 0) is 17.2 Å². The van der Waals surface area contributed by atoms with Crippen molar-refractivity contribution >= 4 is 0 Å². The van der Waals surface area contributed by atoms with Gasteiger partial charge in [-0.2, -0.15) is 13.2 Å². The Kier molecular flexibility index (Phi) is 7.52. The van der Waals surface area contributed by atoms with Gasteiger partial charge in [0.1, 0.15) is 19.0 Å². The van der Waals surface area contributed by atoms with Crippen molar-refractivity contribution in [2.24, 2.45) is 0 Å². The number of terminal acetylenes is 1. The fraction of sp³-hybridized carbons (Fsp3) is 0.300. The van der Waals surface area contributed by atoms with E-state index in [1.54, 1.807) is 12.1 Å². The number of ether oxygens (including phenoxy) is 2. The van der Waals surface area contributed by atoms with Crippen LogP contribution in [0, 0.1) is 12.3 Å². The molecule has 0 bridgehead atoms. The minimum absolute atomic E-state index is 0.0624. The molecule has 26 heavy (non-hydrogen) atoms. The topological polar surface area (TPSA) is 30.5 Å². The third-order valence-electron chi connectivity index (χ3n) is 3.49. The average molecular weight is 363 g/mol. The van der Waals surface area contributed by atoms with E-state index in [0.29, 0.717) is 18.7 Å². The molecule has 0 saturated carbocycles. The van der Waals surface area contributed by atoms with Crippen molar-refractivity contribution in [1.29, 1.82) is 0 Å². The van der Waals surface area contributed by atoms with Crippen LogP contribution in [0.2, 0.25) is 0 Å². The first-order valence-electron chi connectivity index (χ1n) is 8.05. The molecule has 6 heteroatoms. The van der Waals surface area contributed by atoms with E-state index in [1.807, 2.05) is 36.4 Å². The maximum atomic E-state index is 12.0. The lowest BCUT2D eigenvalue weighted by Crippen LogP contribution is -2.16. The summed E-state index contributed by atoms with van der Waals surface area (Å²) in [6.07, 6.45) is 0.910. The molecule has 2 rings (SSSR count). The van der Waals surface area contributed by atoms with Gasteiger partial charge in [0.2, 0.25) is 0 Å². The molecule has 0 aliphatic heterocycles. The molecule has 2 aromatic rings. The number of hydrogen-bond acceptors (Lipinski definition) is 3. The molecule has 138 valence electrons. The van der Waals surface area contributed by atoms with Gasteiger partial charge in [0, 0.05) is 18.7 Å². The van der Waals surface area contributed by atoms with E-state index in [4.69, 9.17) is 11.2 Å². The Labute approximate surface area is 151 Å². The third-order valence-corrected chi connectivity index (χ3v) is 3.49. The predicted octanol–water partition coefficient (Wildman–Crippen LogP) is 4.07. The average Bonchev–Trinajstić information content (AvgIpc) is 2.61. The summed E-state index contributed by atoms with van der Waals surface area (Å²) in [7, 11) is 0. The number of hydrogen-bond donors (Lipinski definition) is 1. The summed E-state index contributed by atoms with van der Waals surface area (Å²) in [6.45, 7) is 0.143. The number of rotatable bonds is 9. The van der Waals surface area contributed by atoms with Gasteiger partial charge in [-0.25, -0.2) is 0 Å². The van der Waals surface area contributed by atoms with E-state index in [9.17, 15) is 13.2 Å². The first-order chi connectivity index (χ1) is 12.5. The van der Waals surface area contributed by atoms with Crippen molar-refractivity contribution in [3.05, 3.63) is 65.2 Å². The van der Waals surface area contributed by atoms with E-state index in [1.165, 1.54) is 0 Å². The van der Waals surface area contributed by atoms with Gasteiger partial charge < -0.3 is 14.8 Å². The summed E-state index contributed by atoms with van der Waals surface area (Å²) in [5.74, 6) is 3.18. The second-order valence-electron chi connectivity index (χ2n) is 5.63. The fourth-order valence-corrected chi connectivity index (χ4v) is 2.29. The molecule has 0 atom stereocenters. The van der Waals surface area contributed by atoms with E-state index < -0.39 is 12.8 Å². The van der Waals surface area contributed by atoms with Gasteiger partial charge in [0.25, 0.3) is 0 Å². The highest BCUT2D eigenvalue weighted by Gasteiger charge is 2.27. The Morgan fingerprint density at radius 3 is 2.35 bits per heavy atom. The summed E-state index contributed by atoms with van der Waals surface area (Å²) in [5.41, 5.74) is 2.72. The summed E-state index contributed by atoms with van der Waals surface area (Å²) in [4.78, 5) is 0. The van der Waals surface area contributed by atoms with Gasteiger partial charge in [-0.15, -0.1) is 6.42 Å². The quantitative estimate of drug-likeness (QED) is 0.682. The maximum absolute atomic E-state index is 12.0. The summed E-state index contributed by atoms with van der Waals surface area (Å²) in [5, 5.41) is 3.31. The molecule has 3 nitrogen and oxygen atoms in total. The monoisotopic (exact) mass is 363 g/mol. The van der Waals surface area contributed by atoms with Crippen LogP contribution in [0.4, 0.5) is 13.2 Å². The zero-order chi connectivity index (χ0) is 18.8. The number of benzene rings is 2. The van der Waals surface area contributed by atoms with E-state index in [0.717, 1.165) is 16.9 Å². The molecule has 0 spiro atoms. The minimum atomic E-state index is -4.30. The van der Waals surface area contributed by atoms with Crippen molar-refractivity contribution < 1.29 is 22.6 Å². The zero-order valence-corrected chi connectivity index (χ0v) is 14.2. The maximum Gasteiger partial charge on any atom is 0.411 e. The lowest BCUT2D eigenvalue weighted by Gasteiger charge is -2.11. The molecule has 0 saturated heterocycles. The highest BCUT2D eigenvalue weighted by atomic mass is 19.4. The van der Waals surface area contributed by atoms with Crippen LogP contribution in [0.3, 0.4) is 0 Å². The summed E-state index contributed by atoms with van der Waals surface area (Å²) in [6, 6.07) is 14.9. The van der Waals surface area contributed by atoms with Crippen LogP contribution in [0.1, 0.15) is 16.7 Å². The standard InChI is InChI=1S/C20H20F3NO2/c1-2-11-26-19-6-4-3-5-18(19)13-24-12-16-7-9-17(10-8-16)14-25-15-20(21,22)23/h1,3-10,24H,11-15H2. The van der Waals surface area contributed by atoms with Gasteiger partial charge in [0.05, 0.1) is 6.61 Å². The molecule has 0 aromatic heterocycles. The van der Waals surface area contributed by atoms with Crippen LogP contribution in [-0.4, -0.2) is 19.4 Å². The summed E-state index contributed by atoms with van der Waals surface area (Å²) >= 11 is 0. The Balaban J connectivity index is 1.79. The normalized spacial score (nSPS) is 11.2. The van der Waals surface area contributed by atoms with Crippen molar-refractivity contribution in [3.8, 4) is 18.1 Å². The predicted molar refractivity (Wildman–Crippen MR) is 93.5 cm³/mol. The van der Waals surface area contributed by atoms with E-state index in [-0.39, 0.29) is 13.2 Å². The molecule has 0 unspecified atom stereocenters. The van der Waals surface area contributed by atoms with Crippen LogP contribution in [-0.2, 0) is 24.4 Å². The highest BCUT2D eigenvalue weighted by Crippen LogP contribution is 2.18. The molecule has 0 heterocycles. The minimum Gasteiger partial charge on any atom is -0.481 e. The number of nitrogens with one attached hydrogen (secondary N) is 1. The van der Waals surface area contributed by atoms with Crippen molar-refractivity contribution in [2.75, 3.05) is 13.2 Å². The second-order valence-corrected chi connectivity index (χ2v) is 5.63. The molecule has 0 fully saturated rings. The first kappa shape index (κ1) is 19.8. The highest BCUT2D eigenvalue weighted by molar-refractivity contribution is 5.33. The smallest absolute Gasteiger partial charge is 0.411 e. The molecule has 1 N–H and O–H groups in total. The molecule has 0 aliphatic carbocycles. The Hall–Kier alpha value is -2.49. The molecular formula is C20H20F3NO2. The van der Waals surface area contributed by atoms with Gasteiger partial charge in [0.15, 0.2) is 0 Å². The van der Waals surface area contributed by atoms with Crippen LogP contribution >= 0.6 is 0 Å². The number of para-hydroxylation sites is 1. The van der Waals surface area contributed by atoms with Crippen LogP contribution in [0.25, 0.3) is 0 Å².